The van der Waals surface area contributed by atoms with Crippen molar-refractivity contribution < 1.29 is 9.90 Å². The number of hydrogen-bond donors (Lipinski definition) is 2. The molecular weight excluding hydrogens is 216 g/mol. The maximum absolute atomic E-state index is 11.1. The van der Waals surface area contributed by atoms with Gasteiger partial charge in [0, 0.05) is 12.4 Å². The maximum Gasteiger partial charge on any atom is 0.222 e. The van der Waals surface area contributed by atoms with Crippen LogP contribution < -0.4 is 5.73 Å². The van der Waals surface area contributed by atoms with Gasteiger partial charge in [0.15, 0.2) is 0 Å². The molecule has 0 aliphatic heterocycles. The first-order valence-electron chi connectivity index (χ1n) is 5.96. The molecular formula is C13H20N2O2. The Hall–Kier alpha value is -1.42. The fourth-order valence-corrected chi connectivity index (χ4v) is 1.93. The van der Waals surface area contributed by atoms with Crippen molar-refractivity contribution in [3.63, 3.8) is 0 Å². The van der Waals surface area contributed by atoms with E-state index >= 15 is 0 Å². The van der Waals surface area contributed by atoms with E-state index in [2.05, 4.69) is 11.9 Å². The van der Waals surface area contributed by atoms with Crippen LogP contribution in [0.25, 0.3) is 0 Å². The summed E-state index contributed by atoms with van der Waals surface area (Å²) in [5.74, 6) is -0.482. The molecule has 4 nitrogen and oxygen atoms in total. The quantitative estimate of drug-likeness (QED) is 0.745. The largest absolute Gasteiger partial charge is 0.396 e. The first-order valence-corrected chi connectivity index (χ1v) is 5.96. The molecule has 0 saturated heterocycles. The third kappa shape index (κ3) is 4.53. The van der Waals surface area contributed by atoms with Crippen molar-refractivity contribution in [2.45, 2.75) is 26.2 Å². The van der Waals surface area contributed by atoms with Gasteiger partial charge in [-0.25, -0.2) is 0 Å². The highest BCUT2D eigenvalue weighted by molar-refractivity contribution is 5.76. The lowest BCUT2D eigenvalue weighted by Gasteiger charge is -2.19. The molecule has 0 aliphatic carbocycles. The summed E-state index contributed by atoms with van der Waals surface area (Å²) in [6.45, 7) is 1.92. The van der Waals surface area contributed by atoms with Crippen LogP contribution in [0.1, 0.15) is 25.3 Å². The summed E-state index contributed by atoms with van der Waals surface area (Å²) >= 11 is 0. The second-order valence-electron chi connectivity index (χ2n) is 4.35. The van der Waals surface area contributed by atoms with Crippen molar-refractivity contribution in [2.75, 3.05) is 6.61 Å². The number of aliphatic hydroxyl groups excluding tert-OH is 1. The molecule has 1 rings (SSSR count). The summed E-state index contributed by atoms with van der Waals surface area (Å²) in [7, 11) is 0. The van der Waals surface area contributed by atoms with Crippen LogP contribution in [0.4, 0.5) is 0 Å². The molecule has 0 radical (unpaired) electrons. The zero-order chi connectivity index (χ0) is 12.7. The van der Waals surface area contributed by atoms with Crippen LogP contribution >= 0.6 is 0 Å². The van der Waals surface area contributed by atoms with E-state index < -0.39 is 11.8 Å². The van der Waals surface area contributed by atoms with Gasteiger partial charge in [-0.2, -0.15) is 0 Å². The summed E-state index contributed by atoms with van der Waals surface area (Å²) in [4.78, 5) is 15.1. The molecule has 0 bridgehead atoms. The molecule has 1 amide bonds. The SMILES string of the molecule is CC[C@@H](Cc1ccncc1)C[C@@H](CO)C(N)=O. The molecule has 0 saturated carbocycles. The van der Waals surface area contributed by atoms with E-state index in [0.29, 0.717) is 12.3 Å². The summed E-state index contributed by atoms with van der Waals surface area (Å²) in [6.07, 6.45) is 6.03. The van der Waals surface area contributed by atoms with E-state index in [1.807, 2.05) is 12.1 Å². The van der Waals surface area contributed by atoms with E-state index in [4.69, 9.17) is 10.8 Å². The van der Waals surface area contributed by atoms with Gasteiger partial charge in [-0.15, -0.1) is 0 Å². The fraction of sp³-hybridized carbons (Fsp3) is 0.538. The molecule has 17 heavy (non-hydrogen) atoms. The van der Waals surface area contributed by atoms with Crippen molar-refractivity contribution in [3.8, 4) is 0 Å². The van der Waals surface area contributed by atoms with Gasteiger partial charge in [0.25, 0.3) is 0 Å². The maximum atomic E-state index is 11.1. The summed E-state index contributed by atoms with van der Waals surface area (Å²) in [5.41, 5.74) is 6.44. The molecule has 1 aromatic heterocycles. The molecule has 4 heteroatoms. The van der Waals surface area contributed by atoms with Crippen LogP contribution in [-0.4, -0.2) is 22.6 Å². The van der Waals surface area contributed by atoms with Crippen LogP contribution in [0.2, 0.25) is 0 Å². The average Bonchev–Trinajstić information content (AvgIpc) is 2.35. The Kier molecular flexibility index (Phi) is 5.63. The first-order chi connectivity index (χ1) is 8.17. The monoisotopic (exact) mass is 236 g/mol. The van der Waals surface area contributed by atoms with Crippen molar-refractivity contribution in [1.29, 1.82) is 0 Å². The molecule has 1 aromatic rings. The van der Waals surface area contributed by atoms with Crippen molar-refractivity contribution in [2.24, 2.45) is 17.6 Å². The number of amides is 1. The van der Waals surface area contributed by atoms with Crippen LogP contribution in [0.3, 0.4) is 0 Å². The zero-order valence-electron chi connectivity index (χ0n) is 10.2. The topological polar surface area (TPSA) is 76.2 Å². The molecule has 0 aliphatic rings. The van der Waals surface area contributed by atoms with Crippen LogP contribution in [0, 0.1) is 11.8 Å². The Morgan fingerprint density at radius 1 is 1.47 bits per heavy atom. The van der Waals surface area contributed by atoms with Crippen molar-refractivity contribution in [3.05, 3.63) is 30.1 Å². The number of aliphatic hydroxyl groups is 1. The third-order valence-corrected chi connectivity index (χ3v) is 3.09. The lowest BCUT2D eigenvalue weighted by Crippen LogP contribution is -2.28. The fourth-order valence-electron chi connectivity index (χ4n) is 1.93. The summed E-state index contributed by atoms with van der Waals surface area (Å²) in [6, 6.07) is 3.95. The minimum Gasteiger partial charge on any atom is -0.396 e. The van der Waals surface area contributed by atoms with E-state index in [1.165, 1.54) is 5.56 Å². The number of nitrogens with zero attached hydrogens (tertiary/aromatic N) is 1. The number of carbonyl (C=O) groups excluding carboxylic acids is 1. The van der Waals surface area contributed by atoms with E-state index in [0.717, 1.165) is 12.8 Å². The molecule has 0 spiro atoms. The molecule has 0 fully saturated rings. The third-order valence-electron chi connectivity index (χ3n) is 3.09. The standard InChI is InChI=1S/C13H20N2O2/c1-2-10(8-12(9-16)13(14)17)7-11-3-5-15-6-4-11/h3-6,10,12,16H,2,7-9H2,1H3,(H2,14,17)/t10-,12-/m0/s1. The smallest absolute Gasteiger partial charge is 0.222 e. The molecule has 94 valence electrons. The summed E-state index contributed by atoms with van der Waals surface area (Å²) < 4.78 is 0. The number of pyridine rings is 1. The van der Waals surface area contributed by atoms with Gasteiger partial charge in [-0.05, 0) is 36.5 Å². The Bertz CT molecular complexity index is 341. The van der Waals surface area contributed by atoms with E-state index in [1.54, 1.807) is 12.4 Å². The average molecular weight is 236 g/mol. The van der Waals surface area contributed by atoms with E-state index in [9.17, 15) is 4.79 Å². The predicted molar refractivity (Wildman–Crippen MR) is 66.1 cm³/mol. The minimum absolute atomic E-state index is 0.165. The lowest BCUT2D eigenvalue weighted by atomic mass is 9.88. The number of nitrogens with two attached hydrogens (primary N) is 1. The molecule has 0 aromatic carbocycles. The Balaban J connectivity index is 2.57. The molecule has 2 atom stereocenters. The number of rotatable bonds is 7. The van der Waals surface area contributed by atoms with Gasteiger partial charge in [0.05, 0.1) is 12.5 Å². The highest BCUT2D eigenvalue weighted by atomic mass is 16.3. The highest BCUT2D eigenvalue weighted by Crippen LogP contribution is 2.20. The highest BCUT2D eigenvalue weighted by Gasteiger charge is 2.19. The lowest BCUT2D eigenvalue weighted by molar-refractivity contribution is -0.123. The molecule has 1 heterocycles. The van der Waals surface area contributed by atoms with Gasteiger partial charge < -0.3 is 10.8 Å². The Morgan fingerprint density at radius 2 is 2.12 bits per heavy atom. The predicted octanol–water partition coefficient (Wildman–Crippen LogP) is 1.13. The van der Waals surface area contributed by atoms with Gasteiger partial charge >= 0.3 is 0 Å². The Morgan fingerprint density at radius 3 is 2.59 bits per heavy atom. The first kappa shape index (κ1) is 13.6. The number of primary amides is 1. The van der Waals surface area contributed by atoms with Crippen LogP contribution in [-0.2, 0) is 11.2 Å². The van der Waals surface area contributed by atoms with Gasteiger partial charge in [-0.3, -0.25) is 9.78 Å². The minimum atomic E-state index is -0.429. The Labute approximate surface area is 102 Å². The zero-order valence-corrected chi connectivity index (χ0v) is 10.2. The van der Waals surface area contributed by atoms with E-state index in [-0.39, 0.29) is 6.61 Å². The summed E-state index contributed by atoms with van der Waals surface area (Å²) in [5, 5.41) is 9.10. The van der Waals surface area contributed by atoms with Crippen molar-refractivity contribution in [1.82, 2.24) is 4.98 Å². The van der Waals surface area contributed by atoms with Crippen LogP contribution in [0.5, 0.6) is 0 Å². The van der Waals surface area contributed by atoms with Gasteiger partial charge in [0.2, 0.25) is 5.91 Å². The second-order valence-corrected chi connectivity index (χ2v) is 4.35. The molecule has 3 N–H and O–H groups in total. The number of aromatic nitrogens is 1. The van der Waals surface area contributed by atoms with Gasteiger partial charge in [0.1, 0.15) is 0 Å². The van der Waals surface area contributed by atoms with Crippen LogP contribution in [0.15, 0.2) is 24.5 Å². The normalized spacial score (nSPS) is 14.2. The second kappa shape index (κ2) is 7.01. The number of carbonyl (C=O) groups is 1. The van der Waals surface area contributed by atoms with Gasteiger partial charge in [-0.1, -0.05) is 13.3 Å². The molecule has 0 unspecified atom stereocenters. The number of hydrogen-bond acceptors (Lipinski definition) is 3. The van der Waals surface area contributed by atoms with Crippen molar-refractivity contribution >= 4 is 5.91 Å².